The molecule has 5 heteroatoms. The normalized spacial score (nSPS) is 12.4. The quantitative estimate of drug-likeness (QED) is 0.948. The number of nitrogens with two attached hydrogens (primary N) is 1. The summed E-state index contributed by atoms with van der Waals surface area (Å²) in [6, 6.07) is 6.46. The van der Waals surface area contributed by atoms with Crippen molar-refractivity contribution in [3.05, 3.63) is 46.6 Å². The molecule has 1 heterocycles. The summed E-state index contributed by atoms with van der Waals surface area (Å²) in [5.41, 5.74) is 6.61. The fourth-order valence-electron chi connectivity index (χ4n) is 1.56. The first-order valence-electron chi connectivity index (χ1n) is 5.60. The van der Waals surface area contributed by atoms with E-state index >= 15 is 0 Å². The van der Waals surface area contributed by atoms with Crippen molar-refractivity contribution in [1.29, 1.82) is 0 Å². The zero-order valence-corrected chi connectivity index (χ0v) is 11.5. The number of halogens is 2. The van der Waals surface area contributed by atoms with Crippen LogP contribution in [0.5, 0.6) is 0 Å². The maximum Gasteiger partial charge on any atom is 0.133 e. The van der Waals surface area contributed by atoms with Gasteiger partial charge in [0.25, 0.3) is 0 Å². The number of benzene rings is 1. The highest BCUT2D eigenvalue weighted by molar-refractivity contribution is 9.10. The summed E-state index contributed by atoms with van der Waals surface area (Å²) in [6.45, 7) is 2.40. The van der Waals surface area contributed by atoms with Gasteiger partial charge < -0.3 is 5.73 Å². The molecule has 3 nitrogen and oxygen atoms in total. The molecule has 0 aliphatic rings. The molecule has 0 fully saturated rings. The van der Waals surface area contributed by atoms with Gasteiger partial charge in [0.2, 0.25) is 0 Å². The van der Waals surface area contributed by atoms with Gasteiger partial charge in [-0.15, -0.1) is 0 Å². The van der Waals surface area contributed by atoms with E-state index in [1.165, 1.54) is 6.07 Å². The Morgan fingerprint density at radius 3 is 2.89 bits per heavy atom. The zero-order chi connectivity index (χ0) is 13.1. The lowest BCUT2D eigenvalue weighted by molar-refractivity contribution is 0.629. The molecule has 94 valence electrons. The van der Waals surface area contributed by atoms with Crippen molar-refractivity contribution in [3.63, 3.8) is 0 Å². The highest BCUT2D eigenvalue weighted by Crippen LogP contribution is 2.25. The molecule has 2 aromatic rings. The third kappa shape index (κ3) is 2.73. The highest BCUT2D eigenvalue weighted by Gasteiger charge is 2.11. The van der Waals surface area contributed by atoms with Crippen LogP contribution in [0.4, 0.5) is 4.39 Å². The van der Waals surface area contributed by atoms with E-state index in [0.29, 0.717) is 23.6 Å². The van der Waals surface area contributed by atoms with Crippen LogP contribution < -0.4 is 5.73 Å². The van der Waals surface area contributed by atoms with Crippen LogP contribution in [0.1, 0.15) is 18.7 Å². The number of hydrogen-bond acceptors (Lipinski definition) is 3. The van der Waals surface area contributed by atoms with Crippen molar-refractivity contribution in [3.8, 4) is 11.3 Å². The molecule has 0 saturated heterocycles. The molecule has 0 spiro atoms. The van der Waals surface area contributed by atoms with E-state index in [9.17, 15) is 4.39 Å². The minimum absolute atomic E-state index is 0.0557. The molecule has 0 amide bonds. The van der Waals surface area contributed by atoms with Crippen LogP contribution in [-0.4, -0.2) is 16.5 Å². The van der Waals surface area contributed by atoms with Crippen LogP contribution in [0.2, 0.25) is 0 Å². The second-order valence-electron chi connectivity index (χ2n) is 4.06. The molecule has 2 rings (SSSR count). The van der Waals surface area contributed by atoms with Gasteiger partial charge in [-0.2, -0.15) is 0 Å². The summed E-state index contributed by atoms with van der Waals surface area (Å²) in [4.78, 5) is 8.53. The summed E-state index contributed by atoms with van der Waals surface area (Å²) < 4.78 is 14.6. The third-order valence-electron chi connectivity index (χ3n) is 2.67. The third-order valence-corrected chi connectivity index (χ3v) is 3.17. The summed E-state index contributed by atoms with van der Waals surface area (Å²) in [7, 11) is 0. The number of rotatable bonds is 3. The molecule has 2 N–H and O–H groups in total. The largest absolute Gasteiger partial charge is 0.330 e. The minimum Gasteiger partial charge on any atom is -0.330 e. The monoisotopic (exact) mass is 309 g/mol. The lowest BCUT2D eigenvalue weighted by atomic mass is 10.1. The Morgan fingerprint density at radius 1 is 1.39 bits per heavy atom. The topological polar surface area (TPSA) is 51.8 Å². The van der Waals surface area contributed by atoms with Gasteiger partial charge in [-0.05, 0) is 24.3 Å². The first kappa shape index (κ1) is 13.1. The first-order valence-corrected chi connectivity index (χ1v) is 6.39. The van der Waals surface area contributed by atoms with E-state index in [-0.39, 0.29) is 11.7 Å². The van der Waals surface area contributed by atoms with Crippen molar-refractivity contribution < 1.29 is 4.39 Å². The minimum atomic E-state index is -0.303. The van der Waals surface area contributed by atoms with E-state index in [1.807, 2.05) is 6.92 Å². The predicted octanol–water partition coefficient (Wildman–Crippen LogP) is 3.11. The first-order chi connectivity index (χ1) is 8.61. The summed E-state index contributed by atoms with van der Waals surface area (Å²) in [5, 5.41) is 0. The van der Waals surface area contributed by atoms with Gasteiger partial charge in [-0.25, -0.2) is 14.4 Å². The van der Waals surface area contributed by atoms with E-state index in [1.54, 1.807) is 24.4 Å². The number of hydrogen-bond donors (Lipinski definition) is 1. The second-order valence-corrected chi connectivity index (χ2v) is 4.98. The van der Waals surface area contributed by atoms with Gasteiger partial charge in [0.05, 0.1) is 5.69 Å². The van der Waals surface area contributed by atoms with Crippen molar-refractivity contribution in [2.45, 2.75) is 12.8 Å². The Morgan fingerprint density at radius 2 is 2.17 bits per heavy atom. The molecule has 0 aliphatic heterocycles. The Balaban J connectivity index is 2.47. The van der Waals surface area contributed by atoms with Crippen LogP contribution in [0.15, 0.2) is 34.9 Å². The van der Waals surface area contributed by atoms with Crippen molar-refractivity contribution >= 4 is 15.9 Å². The van der Waals surface area contributed by atoms with Gasteiger partial charge in [0, 0.05) is 28.7 Å². The molecule has 1 atom stereocenters. The zero-order valence-electron chi connectivity index (χ0n) is 9.90. The Kier molecular flexibility index (Phi) is 4.04. The maximum atomic E-state index is 13.8. The lowest BCUT2D eigenvalue weighted by Crippen LogP contribution is -2.12. The Labute approximate surface area is 113 Å². The average Bonchev–Trinajstić information content (AvgIpc) is 2.40. The van der Waals surface area contributed by atoms with Crippen LogP contribution >= 0.6 is 15.9 Å². The standard InChI is InChI=1S/C13H13BrFN3/c1-8(7-16)13-17-5-4-12(18-13)10-6-9(14)2-3-11(10)15/h2-6,8H,7,16H2,1H3. The Bertz CT molecular complexity index is 560. The number of aromatic nitrogens is 2. The van der Waals surface area contributed by atoms with Gasteiger partial charge in [-0.1, -0.05) is 22.9 Å². The summed E-state index contributed by atoms with van der Waals surface area (Å²) in [6.07, 6.45) is 1.63. The van der Waals surface area contributed by atoms with Gasteiger partial charge >= 0.3 is 0 Å². The molecule has 1 aromatic heterocycles. The van der Waals surface area contributed by atoms with E-state index in [2.05, 4.69) is 25.9 Å². The van der Waals surface area contributed by atoms with E-state index in [0.717, 1.165) is 4.47 Å². The SMILES string of the molecule is CC(CN)c1nccc(-c2cc(Br)ccc2F)n1. The Hall–Kier alpha value is -1.33. The van der Waals surface area contributed by atoms with Crippen LogP contribution in [0, 0.1) is 5.82 Å². The molecule has 18 heavy (non-hydrogen) atoms. The average molecular weight is 310 g/mol. The van der Waals surface area contributed by atoms with Crippen LogP contribution in [-0.2, 0) is 0 Å². The molecule has 1 aromatic carbocycles. The van der Waals surface area contributed by atoms with Gasteiger partial charge in [0.1, 0.15) is 11.6 Å². The van der Waals surface area contributed by atoms with Gasteiger partial charge in [0.15, 0.2) is 0 Å². The van der Waals surface area contributed by atoms with Gasteiger partial charge in [-0.3, -0.25) is 0 Å². The molecule has 0 saturated carbocycles. The molecule has 1 unspecified atom stereocenters. The summed E-state index contributed by atoms with van der Waals surface area (Å²) in [5.74, 6) is 0.387. The van der Waals surface area contributed by atoms with E-state index in [4.69, 9.17) is 5.73 Å². The lowest BCUT2D eigenvalue weighted by Gasteiger charge is -2.09. The van der Waals surface area contributed by atoms with Crippen LogP contribution in [0.25, 0.3) is 11.3 Å². The van der Waals surface area contributed by atoms with Crippen LogP contribution in [0.3, 0.4) is 0 Å². The van der Waals surface area contributed by atoms with E-state index < -0.39 is 0 Å². The smallest absolute Gasteiger partial charge is 0.133 e. The molecular formula is C13H13BrFN3. The second kappa shape index (κ2) is 5.54. The maximum absolute atomic E-state index is 13.8. The predicted molar refractivity (Wildman–Crippen MR) is 72.6 cm³/mol. The van der Waals surface area contributed by atoms with Crippen molar-refractivity contribution in [1.82, 2.24) is 9.97 Å². The molecule has 0 aliphatic carbocycles. The number of nitrogens with zero attached hydrogens (tertiary/aromatic N) is 2. The van der Waals surface area contributed by atoms with Crippen molar-refractivity contribution in [2.24, 2.45) is 5.73 Å². The molecular weight excluding hydrogens is 297 g/mol. The highest BCUT2D eigenvalue weighted by atomic mass is 79.9. The molecule has 0 bridgehead atoms. The fraction of sp³-hybridized carbons (Fsp3) is 0.231. The molecule has 0 radical (unpaired) electrons. The fourth-order valence-corrected chi connectivity index (χ4v) is 1.92. The summed E-state index contributed by atoms with van der Waals surface area (Å²) >= 11 is 3.32. The van der Waals surface area contributed by atoms with Crippen molar-refractivity contribution in [2.75, 3.05) is 6.54 Å².